The maximum atomic E-state index is 14.5. The third-order valence-electron chi connectivity index (χ3n) is 8.46. The summed E-state index contributed by atoms with van der Waals surface area (Å²) in [5.74, 6) is -1.78. The van der Waals surface area contributed by atoms with Gasteiger partial charge >= 0.3 is 6.01 Å². The van der Waals surface area contributed by atoms with Crippen LogP contribution in [0, 0.1) is 17.1 Å². The Kier molecular flexibility index (Phi) is 8.51. The zero-order valence-corrected chi connectivity index (χ0v) is 24.7. The number of rotatable bonds is 7. The molecule has 1 aromatic heterocycles. The number of anilines is 2. The van der Waals surface area contributed by atoms with Crippen LogP contribution in [0.2, 0.25) is 5.02 Å². The number of piperazine rings is 1. The Bertz CT molecular complexity index is 1650. The van der Waals surface area contributed by atoms with E-state index in [1.807, 2.05) is 23.1 Å². The summed E-state index contributed by atoms with van der Waals surface area (Å²) in [7, 11) is 0. The molecule has 44 heavy (non-hydrogen) atoms. The number of hydrogen-bond acceptors (Lipinski definition) is 8. The second-order valence-corrected chi connectivity index (χ2v) is 11.7. The molecule has 13 heteroatoms. The van der Waals surface area contributed by atoms with E-state index in [0.717, 1.165) is 16.6 Å². The molecule has 3 aliphatic rings. The van der Waals surface area contributed by atoms with Gasteiger partial charge in [-0.25, -0.2) is 13.2 Å². The van der Waals surface area contributed by atoms with E-state index in [4.69, 9.17) is 26.3 Å². The Labute approximate surface area is 257 Å². The van der Waals surface area contributed by atoms with Crippen LogP contribution in [0.1, 0.15) is 24.1 Å². The lowest BCUT2D eigenvalue weighted by Crippen LogP contribution is -2.55. The van der Waals surface area contributed by atoms with Crippen molar-refractivity contribution in [3.8, 4) is 12.1 Å². The van der Waals surface area contributed by atoms with Crippen LogP contribution in [0.15, 0.2) is 42.7 Å². The molecule has 1 amide bonds. The topological polar surface area (TPSA) is 97.6 Å². The molecule has 6 rings (SSSR count). The lowest BCUT2D eigenvalue weighted by molar-refractivity contribution is -0.131. The first kappa shape index (κ1) is 30.0. The molecule has 0 aliphatic carbocycles. The molecular formula is C31H31ClF3N7O2. The predicted octanol–water partition coefficient (Wildman–Crippen LogP) is 4.48. The Morgan fingerprint density at radius 3 is 2.80 bits per heavy atom. The van der Waals surface area contributed by atoms with E-state index in [-0.39, 0.29) is 49.7 Å². The van der Waals surface area contributed by atoms with Crippen LogP contribution in [-0.2, 0) is 17.8 Å². The number of fused-ring (bicyclic) bond motifs is 2. The summed E-state index contributed by atoms with van der Waals surface area (Å²) in [6.45, 7) is 5.30. The number of ether oxygens (including phenoxy) is 1. The molecule has 1 N–H and O–H groups in total. The molecule has 2 aromatic carbocycles. The average Bonchev–Trinajstić information content (AvgIpc) is 3.45. The van der Waals surface area contributed by atoms with Crippen molar-refractivity contribution in [3.05, 3.63) is 64.8 Å². The number of alkyl halides is 1. The Morgan fingerprint density at radius 2 is 2.05 bits per heavy atom. The molecule has 0 unspecified atom stereocenters. The van der Waals surface area contributed by atoms with E-state index in [0.29, 0.717) is 49.4 Å². The molecule has 230 valence electrons. The first-order chi connectivity index (χ1) is 21.2. The van der Waals surface area contributed by atoms with E-state index >= 15 is 0 Å². The van der Waals surface area contributed by atoms with Gasteiger partial charge in [0.1, 0.15) is 24.4 Å². The lowest BCUT2D eigenvalue weighted by atomic mass is 10.0. The zero-order valence-electron chi connectivity index (χ0n) is 23.9. The van der Waals surface area contributed by atoms with Gasteiger partial charge in [-0.2, -0.15) is 15.2 Å². The van der Waals surface area contributed by atoms with E-state index in [1.165, 1.54) is 11.0 Å². The second-order valence-electron chi connectivity index (χ2n) is 11.3. The highest BCUT2D eigenvalue weighted by Crippen LogP contribution is 2.38. The minimum Gasteiger partial charge on any atom is -0.462 e. The number of amides is 1. The highest BCUT2D eigenvalue weighted by molar-refractivity contribution is 6.36. The standard InChI is InChI=1S/C31H31ClF3N7O2/c1-18(33)30(43)42-12-11-41(15-22(42)7-9-36)29-23-8-10-40(26-4-2-3-19-5-6-24(35)28(32)27(19)26)16-25(23)38-31(39-29)44-17-21-13-20(34)14-37-21/h2-6,20-22,37H,1,7-8,10-17H2/t20-,21+,22+/m1/s1. The summed E-state index contributed by atoms with van der Waals surface area (Å²) in [6.07, 6.45) is -0.0529. The Hall–Kier alpha value is -4.08. The van der Waals surface area contributed by atoms with Gasteiger partial charge < -0.3 is 24.8 Å². The molecule has 3 aromatic rings. The van der Waals surface area contributed by atoms with Crippen molar-refractivity contribution < 1.29 is 22.7 Å². The molecule has 4 heterocycles. The summed E-state index contributed by atoms with van der Waals surface area (Å²) in [5, 5.41) is 14.0. The Morgan fingerprint density at radius 1 is 1.20 bits per heavy atom. The third kappa shape index (κ3) is 5.86. The quantitative estimate of drug-likeness (QED) is 0.384. The summed E-state index contributed by atoms with van der Waals surface area (Å²) in [4.78, 5) is 27.4. The van der Waals surface area contributed by atoms with Gasteiger partial charge in [0.05, 0.1) is 35.8 Å². The number of nitrogens with one attached hydrogen (secondary N) is 1. The van der Waals surface area contributed by atoms with E-state index in [2.05, 4.69) is 22.9 Å². The third-order valence-corrected chi connectivity index (χ3v) is 8.83. The van der Waals surface area contributed by atoms with E-state index in [9.17, 15) is 23.2 Å². The van der Waals surface area contributed by atoms with Crippen LogP contribution in [0.4, 0.5) is 24.7 Å². The number of nitrogens with zero attached hydrogens (tertiary/aromatic N) is 6. The SMILES string of the molecule is C=C(F)C(=O)N1CCN(c2nc(OC[C@@H]3C[C@@H](F)CN3)nc3c2CCN(c2cccc4ccc(F)c(Cl)c24)C3)C[C@@H]1CC#N. The first-order valence-corrected chi connectivity index (χ1v) is 14.9. The Balaban J connectivity index is 1.34. The highest BCUT2D eigenvalue weighted by Gasteiger charge is 2.35. The minimum absolute atomic E-state index is 0.01000. The van der Waals surface area contributed by atoms with Gasteiger partial charge in [-0.15, -0.1) is 0 Å². The summed E-state index contributed by atoms with van der Waals surface area (Å²) in [6, 6.07) is 10.2. The smallest absolute Gasteiger partial charge is 0.318 e. The minimum atomic E-state index is -1.07. The van der Waals surface area contributed by atoms with Crippen LogP contribution >= 0.6 is 11.6 Å². The number of nitriles is 1. The molecule has 0 bridgehead atoms. The number of hydrogen-bond donors (Lipinski definition) is 1. The van der Waals surface area contributed by atoms with Gasteiger partial charge in [0, 0.05) is 55.4 Å². The van der Waals surface area contributed by atoms with Crippen molar-refractivity contribution in [1.29, 1.82) is 5.26 Å². The largest absolute Gasteiger partial charge is 0.462 e. The van der Waals surface area contributed by atoms with Crippen LogP contribution in [0.5, 0.6) is 6.01 Å². The molecule has 2 saturated heterocycles. The van der Waals surface area contributed by atoms with Gasteiger partial charge in [-0.05, 0) is 30.4 Å². The van der Waals surface area contributed by atoms with Crippen LogP contribution in [0.25, 0.3) is 10.8 Å². The van der Waals surface area contributed by atoms with Gasteiger partial charge in [-0.1, -0.05) is 36.4 Å². The van der Waals surface area contributed by atoms with Crippen molar-refractivity contribution in [2.75, 3.05) is 49.1 Å². The molecule has 2 fully saturated rings. The predicted molar refractivity (Wildman–Crippen MR) is 161 cm³/mol. The van der Waals surface area contributed by atoms with Gasteiger partial charge in [0.15, 0.2) is 5.83 Å². The molecule has 3 aliphatic heterocycles. The molecule has 3 atom stereocenters. The first-order valence-electron chi connectivity index (χ1n) is 14.5. The van der Waals surface area contributed by atoms with Gasteiger partial charge in [-0.3, -0.25) is 4.79 Å². The number of carbonyl (C=O) groups excluding carboxylic acids is 1. The molecule has 0 spiro atoms. The van der Waals surface area contributed by atoms with Crippen LogP contribution in [0.3, 0.4) is 0 Å². The van der Waals surface area contributed by atoms with Gasteiger partial charge in [0.2, 0.25) is 0 Å². The van der Waals surface area contributed by atoms with Crippen LogP contribution < -0.4 is 19.9 Å². The monoisotopic (exact) mass is 625 g/mol. The van der Waals surface area contributed by atoms with Crippen molar-refractivity contribution in [3.63, 3.8) is 0 Å². The fourth-order valence-electron chi connectivity index (χ4n) is 6.30. The number of benzene rings is 2. The van der Waals surface area contributed by atoms with Crippen molar-refractivity contribution >= 4 is 39.8 Å². The molecule has 9 nitrogen and oxygen atoms in total. The average molecular weight is 626 g/mol. The van der Waals surface area contributed by atoms with Gasteiger partial charge in [0.25, 0.3) is 5.91 Å². The van der Waals surface area contributed by atoms with Crippen molar-refractivity contribution in [1.82, 2.24) is 20.2 Å². The number of carbonyl (C=O) groups is 1. The lowest BCUT2D eigenvalue weighted by Gasteiger charge is -2.42. The normalized spacial score (nSPS) is 21.7. The maximum absolute atomic E-state index is 14.5. The van der Waals surface area contributed by atoms with Crippen molar-refractivity contribution in [2.45, 2.75) is 44.1 Å². The number of halogens is 4. The molecule has 0 saturated carbocycles. The molecule has 0 radical (unpaired) electrons. The van der Waals surface area contributed by atoms with E-state index in [1.54, 1.807) is 6.07 Å². The van der Waals surface area contributed by atoms with Crippen LogP contribution in [-0.4, -0.2) is 78.4 Å². The summed E-state index contributed by atoms with van der Waals surface area (Å²) < 4.78 is 48.0. The zero-order chi connectivity index (χ0) is 31.0. The fourth-order valence-corrected chi connectivity index (χ4v) is 6.57. The number of aromatic nitrogens is 2. The summed E-state index contributed by atoms with van der Waals surface area (Å²) in [5.41, 5.74) is 2.37. The fraction of sp³-hybridized carbons (Fsp3) is 0.419. The molecular weight excluding hydrogens is 595 g/mol. The summed E-state index contributed by atoms with van der Waals surface area (Å²) >= 11 is 6.44. The van der Waals surface area contributed by atoms with Crippen molar-refractivity contribution in [2.24, 2.45) is 0 Å². The second kappa shape index (κ2) is 12.5. The van der Waals surface area contributed by atoms with E-state index < -0.39 is 29.8 Å². The highest BCUT2D eigenvalue weighted by atomic mass is 35.5. The maximum Gasteiger partial charge on any atom is 0.318 e.